The number of hydrogen-bond donors (Lipinski definition) is 2. The summed E-state index contributed by atoms with van der Waals surface area (Å²) in [5.74, 6) is 0.470. The molecule has 0 aliphatic carbocycles. The van der Waals surface area contributed by atoms with Crippen molar-refractivity contribution in [2.45, 2.75) is 19.8 Å². The largest absolute Gasteiger partial charge is 0.352 e. The normalized spacial score (nSPS) is 17.2. The Labute approximate surface area is 148 Å². The fraction of sp³-hybridized carbons (Fsp3) is 0.533. The minimum absolute atomic E-state index is 0. The first kappa shape index (κ1) is 19.7. The van der Waals surface area contributed by atoms with Crippen LogP contribution < -0.4 is 10.6 Å². The zero-order valence-corrected chi connectivity index (χ0v) is 15.0. The maximum absolute atomic E-state index is 12.3. The Hall–Kier alpha value is -1.37. The van der Waals surface area contributed by atoms with Crippen molar-refractivity contribution in [1.82, 2.24) is 25.4 Å². The van der Waals surface area contributed by atoms with Crippen molar-refractivity contribution < 1.29 is 4.79 Å². The van der Waals surface area contributed by atoms with Gasteiger partial charge in [0.05, 0.1) is 11.3 Å². The first-order valence-corrected chi connectivity index (χ1v) is 7.43. The minimum Gasteiger partial charge on any atom is -0.352 e. The number of carbonyl (C=O) groups is 1. The number of rotatable bonds is 3. The molecule has 3 heterocycles. The second-order valence-electron chi connectivity index (χ2n) is 5.73. The van der Waals surface area contributed by atoms with Gasteiger partial charge in [0.1, 0.15) is 0 Å². The number of nitrogens with zero attached hydrogens (tertiary/aromatic N) is 3. The molecule has 1 aliphatic rings. The quantitative estimate of drug-likeness (QED) is 0.876. The third kappa shape index (κ3) is 4.34. The maximum Gasteiger partial charge on any atom is 0.252 e. The average molecular weight is 360 g/mol. The zero-order chi connectivity index (χ0) is 14.8. The molecular weight excluding hydrogens is 337 g/mol. The van der Waals surface area contributed by atoms with Crippen LogP contribution in [-0.2, 0) is 7.05 Å². The minimum atomic E-state index is -0.0572. The molecule has 1 amide bonds. The van der Waals surface area contributed by atoms with Crippen molar-refractivity contribution >= 4 is 41.8 Å². The third-order valence-electron chi connectivity index (χ3n) is 4.08. The van der Waals surface area contributed by atoms with Crippen LogP contribution in [0.1, 0.15) is 28.9 Å². The molecule has 1 atom stereocenters. The highest BCUT2D eigenvalue weighted by molar-refractivity contribution is 5.97. The van der Waals surface area contributed by atoms with E-state index in [2.05, 4.69) is 20.7 Å². The Bertz CT molecular complexity index is 667. The molecule has 2 aromatic heterocycles. The van der Waals surface area contributed by atoms with Gasteiger partial charge in [-0.2, -0.15) is 5.10 Å². The highest BCUT2D eigenvalue weighted by Gasteiger charge is 2.16. The fourth-order valence-corrected chi connectivity index (χ4v) is 2.87. The monoisotopic (exact) mass is 359 g/mol. The molecule has 23 heavy (non-hydrogen) atoms. The van der Waals surface area contributed by atoms with E-state index in [1.54, 1.807) is 10.9 Å². The first-order valence-electron chi connectivity index (χ1n) is 7.43. The summed E-state index contributed by atoms with van der Waals surface area (Å²) in [4.78, 5) is 16.6. The van der Waals surface area contributed by atoms with Crippen LogP contribution in [0.15, 0.2) is 12.3 Å². The Morgan fingerprint density at radius 1 is 1.48 bits per heavy atom. The summed E-state index contributed by atoms with van der Waals surface area (Å²) in [7, 11) is 1.86. The second kappa shape index (κ2) is 8.47. The van der Waals surface area contributed by atoms with Gasteiger partial charge in [-0.25, -0.2) is 4.98 Å². The van der Waals surface area contributed by atoms with E-state index in [-0.39, 0.29) is 30.7 Å². The summed E-state index contributed by atoms with van der Waals surface area (Å²) >= 11 is 0. The number of carbonyl (C=O) groups excluding carboxylic acids is 1. The van der Waals surface area contributed by atoms with Crippen molar-refractivity contribution in [3.63, 3.8) is 0 Å². The van der Waals surface area contributed by atoms with Crippen LogP contribution in [0.5, 0.6) is 0 Å². The number of halogens is 2. The molecule has 0 radical (unpaired) electrons. The van der Waals surface area contributed by atoms with Gasteiger partial charge in [-0.15, -0.1) is 24.8 Å². The van der Waals surface area contributed by atoms with Crippen LogP contribution >= 0.6 is 24.8 Å². The van der Waals surface area contributed by atoms with Gasteiger partial charge in [-0.3, -0.25) is 9.48 Å². The van der Waals surface area contributed by atoms with Gasteiger partial charge < -0.3 is 10.6 Å². The van der Waals surface area contributed by atoms with E-state index in [1.165, 1.54) is 12.8 Å². The zero-order valence-electron chi connectivity index (χ0n) is 13.3. The van der Waals surface area contributed by atoms with Gasteiger partial charge in [0.15, 0.2) is 5.65 Å². The number of hydrogen-bond acceptors (Lipinski definition) is 4. The number of aryl methyl sites for hydroxylation is 2. The molecule has 1 fully saturated rings. The van der Waals surface area contributed by atoms with Crippen LogP contribution in [-0.4, -0.2) is 40.3 Å². The highest BCUT2D eigenvalue weighted by Crippen LogP contribution is 2.16. The summed E-state index contributed by atoms with van der Waals surface area (Å²) in [5, 5.41) is 11.6. The Balaban J connectivity index is 0.00000132. The smallest absolute Gasteiger partial charge is 0.252 e. The summed E-state index contributed by atoms with van der Waals surface area (Å²) in [6.07, 6.45) is 3.98. The van der Waals surface area contributed by atoms with Gasteiger partial charge in [0.2, 0.25) is 0 Å². The maximum atomic E-state index is 12.3. The first-order chi connectivity index (χ1) is 10.1. The highest BCUT2D eigenvalue weighted by atomic mass is 35.5. The standard InChI is InChI=1S/C15H21N5O.2ClH/c1-10-13-6-12(9-17-14(13)20(2)19-10)15(21)18-8-11-4-3-5-16-7-11;;/h6,9,11,16H,3-5,7-8H2,1-2H3,(H,18,21);2*1H. The molecule has 1 aliphatic heterocycles. The van der Waals surface area contributed by atoms with Crippen LogP contribution in [0, 0.1) is 12.8 Å². The van der Waals surface area contributed by atoms with Gasteiger partial charge in [0, 0.05) is 25.2 Å². The third-order valence-corrected chi connectivity index (χ3v) is 4.08. The molecule has 0 saturated carbocycles. The lowest BCUT2D eigenvalue weighted by Gasteiger charge is -2.22. The number of pyridine rings is 1. The van der Waals surface area contributed by atoms with E-state index >= 15 is 0 Å². The van der Waals surface area contributed by atoms with Gasteiger partial charge in [0.25, 0.3) is 5.91 Å². The predicted molar refractivity (Wildman–Crippen MR) is 95.7 cm³/mol. The molecule has 8 heteroatoms. The lowest BCUT2D eigenvalue weighted by atomic mass is 10.00. The van der Waals surface area contributed by atoms with E-state index in [1.807, 2.05) is 20.0 Å². The van der Waals surface area contributed by atoms with E-state index in [0.29, 0.717) is 11.5 Å². The number of nitrogens with one attached hydrogen (secondary N) is 2. The molecule has 0 aromatic carbocycles. The molecule has 1 unspecified atom stereocenters. The molecule has 2 aromatic rings. The van der Waals surface area contributed by atoms with Crippen molar-refractivity contribution in [3.8, 4) is 0 Å². The van der Waals surface area contributed by atoms with Gasteiger partial charge in [-0.05, 0) is 44.8 Å². The topological polar surface area (TPSA) is 71.8 Å². The molecule has 1 saturated heterocycles. The number of aromatic nitrogens is 3. The van der Waals surface area contributed by atoms with Crippen molar-refractivity contribution in [2.75, 3.05) is 19.6 Å². The SMILES string of the molecule is Cc1nn(C)c2ncc(C(=O)NCC3CCCNC3)cc12.Cl.Cl. The fourth-order valence-electron chi connectivity index (χ4n) is 2.87. The molecular formula is C15H23Cl2N5O. The molecule has 0 spiro atoms. The average Bonchev–Trinajstić information content (AvgIpc) is 2.80. The number of fused-ring (bicyclic) bond motifs is 1. The lowest BCUT2D eigenvalue weighted by Crippen LogP contribution is -2.38. The van der Waals surface area contributed by atoms with E-state index < -0.39 is 0 Å². The lowest BCUT2D eigenvalue weighted by molar-refractivity contribution is 0.0944. The van der Waals surface area contributed by atoms with E-state index in [9.17, 15) is 4.79 Å². The molecule has 128 valence electrons. The summed E-state index contributed by atoms with van der Waals surface area (Å²) < 4.78 is 1.74. The Kier molecular flexibility index (Phi) is 7.25. The molecule has 3 rings (SSSR count). The number of piperidine rings is 1. The number of amides is 1. The summed E-state index contributed by atoms with van der Waals surface area (Å²) in [6.45, 7) is 4.72. The van der Waals surface area contributed by atoms with E-state index in [0.717, 1.165) is 36.4 Å². The molecule has 0 bridgehead atoms. The summed E-state index contributed by atoms with van der Waals surface area (Å²) in [5.41, 5.74) is 2.30. The van der Waals surface area contributed by atoms with Crippen LogP contribution in [0.4, 0.5) is 0 Å². The molecule has 2 N–H and O–H groups in total. The Morgan fingerprint density at radius 2 is 2.26 bits per heavy atom. The van der Waals surface area contributed by atoms with E-state index in [4.69, 9.17) is 0 Å². The van der Waals surface area contributed by atoms with Crippen molar-refractivity contribution in [3.05, 3.63) is 23.5 Å². The summed E-state index contributed by atoms with van der Waals surface area (Å²) in [6, 6.07) is 1.87. The molecule has 6 nitrogen and oxygen atoms in total. The van der Waals surface area contributed by atoms with Crippen LogP contribution in [0.25, 0.3) is 11.0 Å². The van der Waals surface area contributed by atoms with Gasteiger partial charge >= 0.3 is 0 Å². The van der Waals surface area contributed by atoms with Crippen molar-refractivity contribution in [2.24, 2.45) is 13.0 Å². The predicted octanol–water partition coefficient (Wildman–Crippen LogP) is 1.85. The van der Waals surface area contributed by atoms with Crippen LogP contribution in [0.3, 0.4) is 0 Å². The van der Waals surface area contributed by atoms with Crippen molar-refractivity contribution in [1.29, 1.82) is 0 Å². The second-order valence-corrected chi connectivity index (χ2v) is 5.73. The van der Waals surface area contributed by atoms with Gasteiger partial charge in [-0.1, -0.05) is 0 Å². The Morgan fingerprint density at radius 3 is 2.96 bits per heavy atom. The van der Waals surface area contributed by atoms with Crippen LogP contribution in [0.2, 0.25) is 0 Å².